The number of non-ortho nitro benzene ring substituents is 1. The summed E-state index contributed by atoms with van der Waals surface area (Å²) in [6, 6.07) is 15.8. The monoisotopic (exact) mass is 392 g/mol. The van der Waals surface area contributed by atoms with E-state index < -0.39 is 4.92 Å². The van der Waals surface area contributed by atoms with Gasteiger partial charge in [0.25, 0.3) is 17.5 Å². The molecule has 0 aromatic heterocycles. The van der Waals surface area contributed by atoms with Crippen molar-refractivity contribution in [2.24, 2.45) is 0 Å². The van der Waals surface area contributed by atoms with Crippen molar-refractivity contribution in [3.63, 3.8) is 0 Å². The van der Waals surface area contributed by atoms with Gasteiger partial charge in [-0.05, 0) is 29.8 Å². The maximum Gasteiger partial charge on any atom is 0.277 e. The SMILES string of the molecule is CN1C(=O)C(c2ccc([N+](=O)[O-])cc2)=C(N2CCN(c3ccccc3)CC2)C1=O. The number of likely N-dealkylation sites (N-methyl/N-ethyl adjacent to an activating group) is 1. The van der Waals surface area contributed by atoms with Gasteiger partial charge in [0.15, 0.2) is 0 Å². The molecule has 29 heavy (non-hydrogen) atoms. The van der Waals surface area contributed by atoms with Gasteiger partial charge in [-0.25, -0.2) is 0 Å². The van der Waals surface area contributed by atoms with E-state index in [0.29, 0.717) is 29.9 Å². The Morgan fingerprint density at radius 1 is 0.828 bits per heavy atom. The molecule has 8 nitrogen and oxygen atoms in total. The minimum atomic E-state index is -0.490. The summed E-state index contributed by atoms with van der Waals surface area (Å²) in [5.74, 6) is -0.721. The van der Waals surface area contributed by atoms with Gasteiger partial charge in [0.1, 0.15) is 5.70 Å². The highest BCUT2D eigenvalue weighted by Gasteiger charge is 2.40. The molecule has 0 unspecified atom stereocenters. The highest BCUT2D eigenvalue weighted by Crippen LogP contribution is 2.32. The number of benzene rings is 2. The fourth-order valence-electron chi connectivity index (χ4n) is 3.76. The number of piperazine rings is 1. The number of imide groups is 1. The molecular formula is C21H20N4O4. The largest absolute Gasteiger partial charge is 0.368 e. The van der Waals surface area contributed by atoms with Gasteiger partial charge < -0.3 is 9.80 Å². The predicted molar refractivity (Wildman–Crippen MR) is 108 cm³/mol. The standard InChI is InChI=1S/C21H20N4O4/c1-22-20(26)18(15-7-9-17(10-8-15)25(28)29)19(21(22)27)24-13-11-23(12-14-24)16-5-3-2-4-6-16/h2-10H,11-14H2,1H3. The number of rotatable bonds is 4. The van der Waals surface area contributed by atoms with Crippen molar-refractivity contribution < 1.29 is 14.5 Å². The van der Waals surface area contributed by atoms with Gasteiger partial charge >= 0.3 is 0 Å². The van der Waals surface area contributed by atoms with Crippen LogP contribution >= 0.6 is 0 Å². The molecule has 2 aromatic rings. The number of nitro benzene ring substituents is 1. The lowest BCUT2D eigenvalue weighted by Gasteiger charge is -2.37. The second-order valence-electron chi connectivity index (χ2n) is 7.01. The van der Waals surface area contributed by atoms with Gasteiger partial charge in [-0.3, -0.25) is 24.6 Å². The number of hydrogen-bond donors (Lipinski definition) is 0. The van der Waals surface area contributed by atoms with Gasteiger partial charge in [-0.2, -0.15) is 0 Å². The van der Waals surface area contributed by atoms with Gasteiger partial charge in [0.05, 0.1) is 10.5 Å². The van der Waals surface area contributed by atoms with Crippen LogP contribution in [0, 0.1) is 10.1 Å². The number of amides is 2. The van der Waals surface area contributed by atoms with Gasteiger partial charge in [-0.15, -0.1) is 0 Å². The van der Waals surface area contributed by atoms with Crippen molar-refractivity contribution in [3.05, 3.63) is 76.0 Å². The molecule has 0 radical (unpaired) electrons. The van der Waals surface area contributed by atoms with Crippen LogP contribution in [0.2, 0.25) is 0 Å². The van der Waals surface area contributed by atoms with Gasteiger partial charge in [0.2, 0.25) is 0 Å². The zero-order valence-corrected chi connectivity index (χ0v) is 15.9. The van der Waals surface area contributed by atoms with Gasteiger partial charge in [-0.1, -0.05) is 18.2 Å². The number of hydrogen-bond acceptors (Lipinski definition) is 6. The van der Waals surface area contributed by atoms with E-state index in [-0.39, 0.29) is 17.5 Å². The number of anilines is 1. The fourth-order valence-corrected chi connectivity index (χ4v) is 3.76. The van der Waals surface area contributed by atoms with Crippen LogP contribution in [0.25, 0.3) is 5.57 Å². The highest BCUT2D eigenvalue weighted by molar-refractivity contribution is 6.35. The zero-order chi connectivity index (χ0) is 20.5. The van der Waals surface area contributed by atoms with Crippen molar-refractivity contribution in [2.75, 3.05) is 38.1 Å². The van der Waals surface area contributed by atoms with E-state index >= 15 is 0 Å². The fraction of sp³-hybridized carbons (Fsp3) is 0.238. The summed E-state index contributed by atoms with van der Waals surface area (Å²) in [6.07, 6.45) is 0. The molecular weight excluding hydrogens is 372 g/mol. The van der Waals surface area contributed by atoms with E-state index in [9.17, 15) is 19.7 Å². The quantitative estimate of drug-likeness (QED) is 0.450. The molecule has 4 rings (SSSR count). The Morgan fingerprint density at radius 3 is 2.00 bits per heavy atom. The summed E-state index contributed by atoms with van der Waals surface area (Å²) in [6.45, 7) is 2.67. The lowest BCUT2D eigenvalue weighted by molar-refractivity contribution is -0.384. The Hall–Kier alpha value is -3.68. The molecule has 0 bridgehead atoms. The molecule has 2 aromatic carbocycles. The molecule has 1 saturated heterocycles. The highest BCUT2D eigenvalue weighted by atomic mass is 16.6. The average Bonchev–Trinajstić information content (AvgIpc) is 2.98. The van der Waals surface area contributed by atoms with Crippen LogP contribution in [0.15, 0.2) is 60.3 Å². The molecule has 2 amide bonds. The number of nitrogens with zero attached hydrogens (tertiary/aromatic N) is 4. The molecule has 148 valence electrons. The van der Waals surface area contributed by atoms with Crippen LogP contribution in [0.4, 0.5) is 11.4 Å². The van der Waals surface area contributed by atoms with Crippen molar-refractivity contribution in [3.8, 4) is 0 Å². The van der Waals surface area contributed by atoms with Crippen LogP contribution in [0.3, 0.4) is 0 Å². The molecule has 1 fully saturated rings. The third kappa shape index (κ3) is 3.33. The molecule has 0 aliphatic carbocycles. The summed E-state index contributed by atoms with van der Waals surface area (Å²) in [4.78, 5) is 41.3. The summed E-state index contributed by atoms with van der Waals surface area (Å²) >= 11 is 0. The Balaban J connectivity index is 1.63. The normalized spacial score (nSPS) is 17.3. The number of carbonyl (C=O) groups excluding carboxylic acids is 2. The van der Waals surface area contributed by atoms with Crippen LogP contribution in [-0.2, 0) is 9.59 Å². The van der Waals surface area contributed by atoms with Crippen LogP contribution in [-0.4, -0.2) is 59.8 Å². The average molecular weight is 392 g/mol. The van der Waals surface area contributed by atoms with E-state index in [2.05, 4.69) is 17.0 Å². The van der Waals surface area contributed by atoms with Crippen molar-refractivity contribution in [1.29, 1.82) is 0 Å². The Kier molecular flexibility index (Phi) is 4.75. The third-order valence-electron chi connectivity index (χ3n) is 5.35. The Morgan fingerprint density at radius 2 is 1.41 bits per heavy atom. The molecule has 2 aliphatic heterocycles. The van der Waals surface area contributed by atoms with Crippen molar-refractivity contribution in [1.82, 2.24) is 9.80 Å². The second kappa shape index (κ2) is 7.38. The lowest BCUT2D eigenvalue weighted by Crippen LogP contribution is -2.47. The second-order valence-corrected chi connectivity index (χ2v) is 7.01. The van der Waals surface area contributed by atoms with Crippen LogP contribution in [0.5, 0.6) is 0 Å². The first kappa shape index (κ1) is 18.7. The minimum Gasteiger partial charge on any atom is -0.368 e. The molecule has 0 atom stereocenters. The Labute approximate surface area is 167 Å². The van der Waals surface area contributed by atoms with E-state index in [1.807, 2.05) is 23.1 Å². The first-order valence-electron chi connectivity index (χ1n) is 9.34. The lowest BCUT2D eigenvalue weighted by atomic mass is 10.0. The van der Waals surface area contributed by atoms with Crippen LogP contribution < -0.4 is 4.90 Å². The van der Waals surface area contributed by atoms with Crippen molar-refractivity contribution in [2.45, 2.75) is 0 Å². The molecule has 0 saturated carbocycles. The summed E-state index contributed by atoms with van der Waals surface area (Å²) < 4.78 is 0. The Bertz CT molecular complexity index is 993. The summed E-state index contributed by atoms with van der Waals surface area (Å²) in [7, 11) is 1.46. The van der Waals surface area contributed by atoms with E-state index in [1.54, 1.807) is 0 Å². The summed E-state index contributed by atoms with van der Waals surface area (Å²) in [5, 5.41) is 10.9. The van der Waals surface area contributed by atoms with Gasteiger partial charge in [0, 0.05) is 51.0 Å². The van der Waals surface area contributed by atoms with E-state index in [1.165, 1.54) is 31.3 Å². The number of nitro groups is 1. The molecule has 2 heterocycles. The van der Waals surface area contributed by atoms with Crippen LogP contribution in [0.1, 0.15) is 5.56 Å². The van der Waals surface area contributed by atoms with Crippen molar-refractivity contribution >= 4 is 28.8 Å². The molecule has 0 N–H and O–H groups in total. The van der Waals surface area contributed by atoms with E-state index in [0.717, 1.165) is 23.7 Å². The molecule has 8 heteroatoms. The smallest absolute Gasteiger partial charge is 0.277 e. The molecule has 2 aliphatic rings. The summed E-state index contributed by atoms with van der Waals surface area (Å²) in [5.41, 5.74) is 2.26. The first-order valence-corrected chi connectivity index (χ1v) is 9.34. The minimum absolute atomic E-state index is 0.0579. The number of para-hydroxylation sites is 1. The molecule has 0 spiro atoms. The maximum absolute atomic E-state index is 12.8. The number of carbonyl (C=O) groups is 2. The maximum atomic E-state index is 12.8. The predicted octanol–water partition coefficient (Wildman–Crippen LogP) is 2.13. The van der Waals surface area contributed by atoms with E-state index in [4.69, 9.17) is 0 Å². The zero-order valence-electron chi connectivity index (χ0n) is 15.9. The third-order valence-corrected chi connectivity index (χ3v) is 5.35. The topological polar surface area (TPSA) is 87.0 Å². The first-order chi connectivity index (χ1) is 14.0.